The molecule has 7 heteroatoms. The molecule has 4 rings (SSSR count). The predicted molar refractivity (Wildman–Crippen MR) is 115 cm³/mol. The minimum atomic E-state index is 0.445. The number of benzene rings is 1. The van der Waals surface area contributed by atoms with Crippen molar-refractivity contribution in [3.8, 4) is 11.5 Å². The molecule has 0 spiro atoms. The zero-order valence-corrected chi connectivity index (χ0v) is 17.7. The molecule has 5 nitrogen and oxygen atoms in total. The molecule has 0 amide bonds. The van der Waals surface area contributed by atoms with Gasteiger partial charge in [0.2, 0.25) is 0 Å². The molecule has 1 aliphatic rings. The van der Waals surface area contributed by atoms with Crippen LogP contribution < -0.4 is 14.8 Å². The first-order valence-corrected chi connectivity index (χ1v) is 10.8. The van der Waals surface area contributed by atoms with Crippen molar-refractivity contribution in [1.82, 2.24) is 9.97 Å². The Kier molecular flexibility index (Phi) is 5.87. The highest BCUT2D eigenvalue weighted by molar-refractivity contribution is 7.22. The van der Waals surface area contributed by atoms with Crippen molar-refractivity contribution in [1.29, 1.82) is 0 Å². The third-order valence-corrected chi connectivity index (χ3v) is 6.42. The first-order valence-electron chi connectivity index (χ1n) is 9.59. The Morgan fingerprint density at radius 3 is 2.61 bits per heavy atom. The molecule has 1 saturated carbocycles. The summed E-state index contributed by atoms with van der Waals surface area (Å²) in [4.78, 5) is 10.7. The second kappa shape index (κ2) is 8.53. The van der Waals surface area contributed by atoms with Crippen LogP contribution in [0.5, 0.6) is 11.5 Å². The number of nitrogens with one attached hydrogen (secondary N) is 1. The Hall–Kier alpha value is -2.05. The van der Waals surface area contributed by atoms with Gasteiger partial charge in [0.1, 0.15) is 16.5 Å². The van der Waals surface area contributed by atoms with Gasteiger partial charge in [0.25, 0.3) is 0 Å². The van der Waals surface area contributed by atoms with Crippen molar-refractivity contribution in [2.75, 3.05) is 19.5 Å². The van der Waals surface area contributed by atoms with Gasteiger partial charge in [0.05, 0.1) is 23.9 Å². The van der Waals surface area contributed by atoms with E-state index >= 15 is 0 Å². The van der Waals surface area contributed by atoms with E-state index in [9.17, 15) is 0 Å². The topological polar surface area (TPSA) is 56.3 Å². The summed E-state index contributed by atoms with van der Waals surface area (Å²) < 4.78 is 11.5. The van der Waals surface area contributed by atoms with Crippen LogP contribution in [0.1, 0.15) is 49.4 Å². The molecule has 0 bridgehead atoms. The number of anilines is 1. The number of ether oxygens (including phenoxy) is 2. The summed E-state index contributed by atoms with van der Waals surface area (Å²) in [5.74, 6) is 3.68. The number of hydrogen-bond acceptors (Lipinski definition) is 6. The van der Waals surface area contributed by atoms with E-state index in [-0.39, 0.29) is 0 Å². The first kappa shape index (κ1) is 19.3. The van der Waals surface area contributed by atoms with Gasteiger partial charge in [0.15, 0.2) is 11.5 Å². The van der Waals surface area contributed by atoms with Crippen LogP contribution in [0.25, 0.3) is 10.2 Å². The first-order chi connectivity index (χ1) is 13.7. The van der Waals surface area contributed by atoms with E-state index in [1.54, 1.807) is 14.2 Å². The van der Waals surface area contributed by atoms with E-state index in [0.29, 0.717) is 12.5 Å². The SMILES string of the molecule is COc1ccc(CNc2nc(C3CCCCC3)nc3sc(Cl)cc23)cc1OC. The summed E-state index contributed by atoms with van der Waals surface area (Å²) in [5, 5.41) is 4.47. The van der Waals surface area contributed by atoms with Gasteiger partial charge in [-0.3, -0.25) is 0 Å². The second-order valence-electron chi connectivity index (χ2n) is 7.08. The lowest BCUT2D eigenvalue weighted by atomic mass is 9.89. The van der Waals surface area contributed by atoms with Gasteiger partial charge in [0, 0.05) is 12.5 Å². The normalized spacial score (nSPS) is 15.0. The quantitative estimate of drug-likeness (QED) is 0.531. The number of rotatable bonds is 6. The fourth-order valence-electron chi connectivity index (χ4n) is 3.76. The number of hydrogen-bond donors (Lipinski definition) is 1. The number of nitrogens with zero attached hydrogens (tertiary/aromatic N) is 2. The molecule has 0 radical (unpaired) electrons. The number of methoxy groups -OCH3 is 2. The zero-order valence-electron chi connectivity index (χ0n) is 16.1. The molecule has 2 aromatic heterocycles. The number of fused-ring (bicyclic) bond motifs is 1. The van der Waals surface area contributed by atoms with E-state index in [0.717, 1.165) is 43.3 Å². The Morgan fingerprint density at radius 1 is 1.07 bits per heavy atom. The summed E-state index contributed by atoms with van der Waals surface area (Å²) in [6.45, 7) is 0.629. The van der Waals surface area contributed by atoms with Crippen molar-refractivity contribution in [2.24, 2.45) is 0 Å². The Bertz CT molecular complexity index is 970. The van der Waals surface area contributed by atoms with Crippen LogP contribution in [0, 0.1) is 0 Å². The molecule has 0 atom stereocenters. The molecule has 0 saturated heterocycles. The van der Waals surface area contributed by atoms with Gasteiger partial charge in [-0.1, -0.05) is 36.9 Å². The minimum Gasteiger partial charge on any atom is -0.493 e. The Labute approximate surface area is 174 Å². The van der Waals surface area contributed by atoms with Crippen molar-refractivity contribution in [3.05, 3.63) is 40.0 Å². The maximum absolute atomic E-state index is 6.28. The number of thiophene rings is 1. The summed E-state index contributed by atoms with van der Waals surface area (Å²) in [6.07, 6.45) is 6.16. The van der Waals surface area contributed by atoms with Crippen LogP contribution in [0.15, 0.2) is 24.3 Å². The summed E-state index contributed by atoms with van der Waals surface area (Å²) in [6, 6.07) is 7.87. The monoisotopic (exact) mass is 417 g/mol. The highest BCUT2D eigenvalue weighted by Crippen LogP contribution is 2.37. The van der Waals surface area contributed by atoms with Crippen molar-refractivity contribution in [3.63, 3.8) is 0 Å². The average molecular weight is 418 g/mol. The van der Waals surface area contributed by atoms with Gasteiger partial charge in [-0.05, 0) is 36.6 Å². The highest BCUT2D eigenvalue weighted by Gasteiger charge is 2.21. The highest BCUT2D eigenvalue weighted by atomic mass is 35.5. The lowest BCUT2D eigenvalue weighted by Crippen LogP contribution is -2.11. The lowest BCUT2D eigenvalue weighted by molar-refractivity contribution is 0.354. The zero-order chi connectivity index (χ0) is 19.5. The third-order valence-electron chi connectivity index (χ3n) is 5.26. The Balaban J connectivity index is 1.62. The third kappa shape index (κ3) is 4.03. The fraction of sp³-hybridized carbons (Fsp3) is 0.429. The lowest BCUT2D eigenvalue weighted by Gasteiger charge is -2.21. The standard InChI is InChI=1S/C21H24ClN3O2S/c1-26-16-9-8-13(10-17(16)27-2)12-23-20-15-11-18(22)28-21(15)25-19(24-20)14-6-4-3-5-7-14/h8-11,14H,3-7,12H2,1-2H3,(H,23,24,25). The van der Waals surface area contributed by atoms with Crippen molar-refractivity contribution in [2.45, 2.75) is 44.6 Å². The van der Waals surface area contributed by atoms with Crippen LogP contribution in [0.3, 0.4) is 0 Å². The van der Waals surface area contributed by atoms with E-state index in [4.69, 9.17) is 31.0 Å². The smallest absolute Gasteiger partial charge is 0.161 e. The maximum atomic E-state index is 6.28. The molecule has 2 heterocycles. The summed E-state index contributed by atoms with van der Waals surface area (Å²) >= 11 is 7.79. The van der Waals surface area contributed by atoms with E-state index < -0.39 is 0 Å². The van der Waals surface area contributed by atoms with Crippen molar-refractivity contribution < 1.29 is 9.47 Å². The number of aromatic nitrogens is 2. The van der Waals surface area contributed by atoms with E-state index in [1.807, 2.05) is 24.3 Å². The van der Waals surface area contributed by atoms with Gasteiger partial charge in [-0.15, -0.1) is 11.3 Å². The molecule has 1 N–H and O–H groups in total. The summed E-state index contributed by atoms with van der Waals surface area (Å²) in [7, 11) is 3.29. The van der Waals surface area contributed by atoms with E-state index in [2.05, 4.69) is 5.32 Å². The molecule has 1 fully saturated rings. The summed E-state index contributed by atoms with van der Waals surface area (Å²) in [5.41, 5.74) is 1.09. The van der Waals surface area contributed by atoms with Crippen molar-refractivity contribution >= 4 is 39.0 Å². The van der Waals surface area contributed by atoms with Gasteiger partial charge < -0.3 is 14.8 Å². The van der Waals surface area contributed by atoms with Gasteiger partial charge in [-0.25, -0.2) is 9.97 Å². The molecule has 0 aliphatic heterocycles. The molecular weight excluding hydrogens is 394 g/mol. The molecule has 28 heavy (non-hydrogen) atoms. The molecular formula is C21H24ClN3O2S. The average Bonchev–Trinajstić information content (AvgIpc) is 3.12. The molecule has 148 valence electrons. The van der Waals surface area contributed by atoms with Gasteiger partial charge >= 0.3 is 0 Å². The second-order valence-corrected chi connectivity index (χ2v) is 8.74. The molecule has 1 aromatic carbocycles. The van der Waals surface area contributed by atoms with Crippen LogP contribution in [0.2, 0.25) is 4.34 Å². The van der Waals surface area contributed by atoms with Crippen LogP contribution in [0.4, 0.5) is 5.82 Å². The van der Waals surface area contributed by atoms with Crippen LogP contribution in [-0.4, -0.2) is 24.2 Å². The van der Waals surface area contributed by atoms with Gasteiger partial charge in [-0.2, -0.15) is 0 Å². The van der Waals surface area contributed by atoms with Crippen LogP contribution in [-0.2, 0) is 6.54 Å². The maximum Gasteiger partial charge on any atom is 0.161 e. The Morgan fingerprint density at radius 2 is 1.86 bits per heavy atom. The minimum absolute atomic E-state index is 0.445. The molecule has 3 aromatic rings. The predicted octanol–water partition coefficient (Wildman–Crippen LogP) is 6.02. The molecule has 0 unspecified atom stereocenters. The fourth-order valence-corrected chi connectivity index (χ4v) is 4.86. The van der Waals surface area contributed by atoms with E-state index in [1.165, 1.54) is 43.4 Å². The van der Waals surface area contributed by atoms with Crippen LogP contribution >= 0.6 is 22.9 Å². The number of halogens is 1. The molecule has 1 aliphatic carbocycles. The largest absolute Gasteiger partial charge is 0.493 e.